The lowest BCUT2D eigenvalue weighted by Gasteiger charge is -2.12. The van der Waals surface area contributed by atoms with E-state index in [1.807, 2.05) is 0 Å². The Balaban J connectivity index is 2.33. The van der Waals surface area contributed by atoms with Crippen molar-refractivity contribution in [3.05, 3.63) is 40.5 Å². The van der Waals surface area contributed by atoms with Crippen LogP contribution >= 0.6 is 15.9 Å². The first-order valence-electron chi connectivity index (χ1n) is 6.23. The van der Waals surface area contributed by atoms with E-state index in [1.165, 1.54) is 33.6 Å². The number of carbonyl (C=O) groups excluding carboxylic acids is 1. The van der Waals surface area contributed by atoms with Crippen LogP contribution in [0.2, 0.25) is 0 Å². The lowest BCUT2D eigenvalue weighted by Crippen LogP contribution is -2.11. The Morgan fingerprint density at radius 3 is 2.32 bits per heavy atom. The second-order valence-corrected chi connectivity index (χ2v) is 4.94. The molecule has 0 radical (unpaired) electrons. The third-order valence-corrected chi connectivity index (χ3v) is 3.49. The highest BCUT2D eigenvalue weighted by atomic mass is 79.9. The van der Waals surface area contributed by atoms with Crippen LogP contribution in [0.15, 0.2) is 34.9 Å². The Bertz CT molecular complexity index is 690. The molecule has 0 amide bonds. The van der Waals surface area contributed by atoms with Gasteiger partial charge < -0.3 is 18.9 Å². The second-order valence-electron chi connectivity index (χ2n) is 4.09. The number of methoxy groups -OCH3 is 3. The fourth-order valence-electron chi connectivity index (χ4n) is 1.76. The fraction of sp³-hybridized carbons (Fsp3) is 0.200. The summed E-state index contributed by atoms with van der Waals surface area (Å²) in [6.45, 7) is 0. The van der Waals surface area contributed by atoms with Gasteiger partial charge in [0, 0.05) is 10.7 Å². The maximum absolute atomic E-state index is 12.3. The molecule has 0 N–H and O–H groups in total. The predicted octanol–water partition coefficient (Wildman–Crippen LogP) is 3.09. The molecule has 0 unspecified atom stereocenters. The second kappa shape index (κ2) is 7.13. The van der Waals surface area contributed by atoms with E-state index in [0.717, 1.165) is 0 Å². The van der Waals surface area contributed by atoms with Gasteiger partial charge >= 0.3 is 5.97 Å². The number of hydrogen-bond acceptors (Lipinski definition) is 6. The number of halogens is 1. The van der Waals surface area contributed by atoms with Crippen LogP contribution in [0.1, 0.15) is 10.4 Å². The van der Waals surface area contributed by atoms with Crippen molar-refractivity contribution in [3.63, 3.8) is 0 Å². The molecule has 0 aliphatic rings. The molecular formula is C15H14BrNO5. The van der Waals surface area contributed by atoms with Gasteiger partial charge in [0.15, 0.2) is 17.2 Å². The van der Waals surface area contributed by atoms with Crippen molar-refractivity contribution in [3.8, 4) is 23.1 Å². The zero-order valence-corrected chi connectivity index (χ0v) is 13.8. The standard InChI is InChI=1S/C15H14BrNO5/c1-19-11-5-4-6-17-14(11)22-15(18)9-7-12(20-2)13(21-3)8-10(9)16/h4-8H,1-3H3. The van der Waals surface area contributed by atoms with Crippen LogP contribution in [0.25, 0.3) is 0 Å². The Morgan fingerprint density at radius 2 is 1.68 bits per heavy atom. The first-order valence-corrected chi connectivity index (χ1v) is 7.02. The van der Waals surface area contributed by atoms with Crippen LogP contribution in [0, 0.1) is 0 Å². The molecule has 0 atom stereocenters. The summed E-state index contributed by atoms with van der Waals surface area (Å²) in [5.74, 6) is 0.793. The molecule has 0 fully saturated rings. The largest absolute Gasteiger partial charge is 0.493 e. The number of carbonyl (C=O) groups is 1. The minimum Gasteiger partial charge on any atom is -0.493 e. The van der Waals surface area contributed by atoms with E-state index in [2.05, 4.69) is 20.9 Å². The van der Waals surface area contributed by atoms with Gasteiger partial charge in [0.05, 0.1) is 26.9 Å². The zero-order valence-electron chi connectivity index (χ0n) is 12.3. The average molecular weight is 368 g/mol. The van der Waals surface area contributed by atoms with E-state index in [4.69, 9.17) is 18.9 Å². The molecule has 1 aromatic carbocycles. The Kier molecular flexibility index (Phi) is 5.21. The molecule has 0 spiro atoms. The molecule has 116 valence electrons. The maximum Gasteiger partial charge on any atom is 0.346 e. The summed E-state index contributed by atoms with van der Waals surface area (Å²) >= 11 is 3.31. The Labute approximate surface area is 136 Å². The van der Waals surface area contributed by atoms with Gasteiger partial charge in [-0.1, -0.05) is 0 Å². The van der Waals surface area contributed by atoms with Gasteiger partial charge in [0.1, 0.15) is 0 Å². The van der Waals surface area contributed by atoms with E-state index >= 15 is 0 Å². The SMILES string of the molecule is COc1cc(Br)c(C(=O)Oc2ncccc2OC)cc1OC. The number of aromatic nitrogens is 1. The van der Waals surface area contributed by atoms with Crippen molar-refractivity contribution in [2.45, 2.75) is 0 Å². The summed E-state index contributed by atoms with van der Waals surface area (Å²) in [5, 5.41) is 0. The molecule has 7 heteroatoms. The van der Waals surface area contributed by atoms with Crippen LogP contribution in [-0.2, 0) is 0 Å². The number of benzene rings is 1. The zero-order chi connectivity index (χ0) is 16.1. The van der Waals surface area contributed by atoms with Gasteiger partial charge in [-0.3, -0.25) is 0 Å². The van der Waals surface area contributed by atoms with Gasteiger partial charge in [-0.2, -0.15) is 0 Å². The molecule has 1 heterocycles. The highest BCUT2D eigenvalue weighted by molar-refractivity contribution is 9.10. The van der Waals surface area contributed by atoms with Gasteiger partial charge in [-0.15, -0.1) is 0 Å². The quantitative estimate of drug-likeness (QED) is 0.756. The van der Waals surface area contributed by atoms with Gasteiger partial charge in [0.25, 0.3) is 5.88 Å². The Hall–Kier alpha value is -2.28. The molecular weight excluding hydrogens is 354 g/mol. The molecule has 2 rings (SSSR count). The molecule has 22 heavy (non-hydrogen) atoms. The minimum absolute atomic E-state index is 0.0942. The van der Waals surface area contributed by atoms with Crippen LogP contribution in [0.3, 0.4) is 0 Å². The minimum atomic E-state index is -0.593. The van der Waals surface area contributed by atoms with Crippen molar-refractivity contribution in [1.82, 2.24) is 4.98 Å². The average Bonchev–Trinajstić information content (AvgIpc) is 2.54. The third kappa shape index (κ3) is 3.30. The molecule has 0 bridgehead atoms. The molecule has 6 nitrogen and oxygen atoms in total. The number of ether oxygens (including phenoxy) is 4. The monoisotopic (exact) mass is 367 g/mol. The van der Waals surface area contributed by atoms with Gasteiger partial charge in [-0.05, 0) is 40.2 Å². The molecule has 0 aliphatic carbocycles. The third-order valence-electron chi connectivity index (χ3n) is 2.84. The van der Waals surface area contributed by atoms with Crippen molar-refractivity contribution >= 4 is 21.9 Å². The summed E-state index contributed by atoms with van der Waals surface area (Å²) in [5.41, 5.74) is 0.283. The number of pyridine rings is 1. The van der Waals surface area contributed by atoms with Crippen molar-refractivity contribution in [2.24, 2.45) is 0 Å². The molecule has 0 aliphatic heterocycles. The molecule has 2 aromatic rings. The number of hydrogen-bond donors (Lipinski definition) is 0. The van der Waals surface area contributed by atoms with E-state index in [9.17, 15) is 4.79 Å². The van der Waals surface area contributed by atoms with E-state index in [0.29, 0.717) is 21.7 Å². The highest BCUT2D eigenvalue weighted by Gasteiger charge is 2.19. The molecule has 0 saturated heterocycles. The first-order chi connectivity index (χ1) is 10.6. The Morgan fingerprint density at radius 1 is 1.05 bits per heavy atom. The molecule has 0 saturated carbocycles. The van der Waals surface area contributed by atoms with Crippen molar-refractivity contribution in [2.75, 3.05) is 21.3 Å². The van der Waals surface area contributed by atoms with Crippen LogP contribution in [-0.4, -0.2) is 32.3 Å². The smallest absolute Gasteiger partial charge is 0.346 e. The van der Waals surface area contributed by atoms with Gasteiger partial charge in [-0.25, -0.2) is 9.78 Å². The normalized spacial score (nSPS) is 10.0. The van der Waals surface area contributed by atoms with Crippen LogP contribution in [0.4, 0.5) is 0 Å². The van der Waals surface area contributed by atoms with E-state index in [-0.39, 0.29) is 11.4 Å². The maximum atomic E-state index is 12.3. The summed E-state index contributed by atoms with van der Waals surface area (Å²) in [6.07, 6.45) is 1.51. The highest BCUT2D eigenvalue weighted by Crippen LogP contribution is 2.34. The summed E-state index contributed by atoms with van der Waals surface area (Å²) in [6, 6.07) is 6.49. The summed E-state index contributed by atoms with van der Waals surface area (Å²) in [4.78, 5) is 16.3. The first kappa shape index (κ1) is 16.1. The van der Waals surface area contributed by atoms with Crippen LogP contribution < -0.4 is 18.9 Å². The van der Waals surface area contributed by atoms with E-state index < -0.39 is 5.97 Å². The number of esters is 1. The lowest BCUT2D eigenvalue weighted by molar-refractivity contribution is 0.0720. The fourth-order valence-corrected chi connectivity index (χ4v) is 2.25. The number of nitrogens with zero attached hydrogens (tertiary/aromatic N) is 1. The lowest BCUT2D eigenvalue weighted by atomic mass is 10.2. The van der Waals surface area contributed by atoms with Crippen molar-refractivity contribution in [1.29, 1.82) is 0 Å². The molecule has 1 aromatic heterocycles. The summed E-state index contributed by atoms with van der Waals surface area (Å²) < 4.78 is 21.2. The number of rotatable bonds is 5. The predicted molar refractivity (Wildman–Crippen MR) is 83.0 cm³/mol. The van der Waals surface area contributed by atoms with Crippen LogP contribution in [0.5, 0.6) is 23.1 Å². The van der Waals surface area contributed by atoms with Gasteiger partial charge in [0.2, 0.25) is 0 Å². The summed E-state index contributed by atoms with van der Waals surface area (Å²) in [7, 11) is 4.48. The van der Waals surface area contributed by atoms with E-state index in [1.54, 1.807) is 18.2 Å². The van der Waals surface area contributed by atoms with Crippen molar-refractivity contribution < 1.29 is 23.7 Å². The topological polar surface area (TPSA) is 66.9 Å².